The Balaban J connectivity index is 1.46. The molecule has 1 aromatic rings. The van der Waals surface area contributed by atoms with Crippen LogP contribution in [0.5, 0.6) is 11.5 Å². The van der Waals surface area contributed by atoms with Crippen LogP contribution < -0.4 is 9.47 Å². The molecular formula is C25H30O6. The van der Waals surface area contributed by atoms with Crippen molar-refractivity contribution < 1.29 is 28.5 Å². The predicted molar refractivity (Wildman–Crippen MR) is 115 cm³/mol. The molecule has 0 aliphatic heterocycles. The second-order valence-corrected chi connectivity index (χ2v) is 8.85. The summed E-state index contributed by atoms with van der Waals surface area (Å²) in [4.78, 5) is 22.5. The van der Waals surface area contributed by atoms with E-state index in [4.69, 9.17) is 18.9 Å². The fourth-order valence-corrected chi connectivity index (χ4v) is 6.00. The molecule has 4 saturated carbocycles. The molecular weight excluding hydrogens is 396 g/mol. The molecule has 2 atom stereocenters. The summed E-state index contributed by atoms with van der Waals surface area (Å²) in [5.74, 6) is 3.03. The van der Waals surface area contributed by atoms with Gasteiger partial charge in [0.05, 0.1) is 0 Å². The molecule has 166 valence electrons. The van der Waals surface area contributed by atoms with E-state index in [0.717, 1.165) is 35.7 Å². The zero-order chi connectivity index (χ0) is 21.8. The lowest BCUT2D eigenvalue weighted by Crippen LogP contribution is -2.32. The summed E-state index contributed by atoms with van der Waals surface area (Å²) >= 11 is 0. The summed E-state index contributed by atoms with van der Waals surface area (Å²) in [6.45, 7) is 7.59. The first-order valence-corrected chi connectivity index (χ1v) is 11.0. The van der Waals surface area contributed by atoms with Crippen LogP contribution in [0.25, 0.3) is 0 Å². The van der Waals surface area contributed by atoms with Crippen LogP contribution in [0, 0.1) is 17.8 Å². The van der Waals surface area contributed by atoms with Gasteiger partial charge in [0.25, 0.3) is 0 Å². The molecule has 0 saturated heterocycles. The molecule has 2 unspecified atom stereocenters. The van der Waals surface area contributed by atoms with Crippen LogP contribution >= 0.6 is 0 Å². The van der Waals surface area contributed by atoms with E-state index in [2.05, 4.69) is 19.2 Å². The topological polar surface area (TPSA) is 71.1 Å². The van der Waals surface area contributed by atoms with E-state index in [0.29, 0.717) is 5.75 Å². The van der Waals surface area contributed by atoms with Gasteiger partial charge in [0, 0.05) is 23.8 Å². The van der Waals surface area contributed by atoms with Gasteiger partial charge >= 0.3 is 11.9 Å². The van der Waals surface area contributed by atoms with Gasteiger partial charge in [-0.3, -0.25) is 0 Å². The zero-order valence-electron chi connectivity index (χ0n) is 17.8. The van der Waals surface area contributed by atoms with E-state index in [9.17, 15) is 9.59 Å². The quantitative estimate of drug-likeness (QED) is 0.303. The molecule has 4 bridgehead atoms. The maximum atomic E-state index is 11.3. The summed E-state index contributed by atoms with van der Waals surface area (Å²) in [6, 6.07) is 6.00. The lowest BCUT2D eigenvalue weighted by molar-refractivity contribution is -0.139. The van der Waals surface area contributed by atoms with Crippen molar-refractivity contribution in [2.45, 2.75) is 37.5 Å². The van der Waals surface area contributed by atoms with Crippen molar-refractivity contribution in [1.29, 1.82) is 0 Å². The van der Waals surface area contributed by atoms with E-state index >= 15 is 0 Å². The van der Waals surface area contributed by atoms with E-state index in [1.54, 1.807) is 0 Å². The van der Waals surface area contributed by atoms with Crippen LogP contribution in [0.15, 0.2) is 43.5 Å². The number of esters is 2. The lowest BCUT2D eigenvalue weighted by Gasteiger charge is -2.39. The van der Waals surface area contributed by atoms with Crippen molar-refractivity contribution in [1.82, 2.24) is 0 Å². The number of carbonyl (C=O) groups excluding carboxylic acids is 2. The van der Waals surface area contributed by atoms with Crippen molar-refractivity contribution in [2.75, 3.05) is 26.4 Å². The minimum absolute atomic E-state index is 0.148. The summed E-state index contributed by atoms with van der Waals surface area (Å²) in [7, 11) is 0. The molecule has 6 heteroatoms. The molecule has 4 fully saturated rings. The molecule has 5 rings (SSSR count). The number of carbonyl (C=O) groups is 2. The lowest BCUT2D eigenvalue weighted by atomic mass is 9.65. The van der Waals surface area contributed by atoms with E-state index in [1.807, 2.05) is 12.1 Å². The highest BCUT2D eigenvalue weighted by molar-refractivity contribution is 5.81. The van der Waals surface area contributed by atoms with Crippen molar-refractivity contribution in [3.8, 4) is 11.5 Å². The maximum Gasteiger partial charge on any atom is 0.330 e. The van der Waals surface area contributed by atoms with Crippen LogP contribution in [0.1, 0.15) is 37.7 Å². The molecule has 0 radical (unpaired) electrons. The standard InChI is InChI=1S/C25H30O6/c1-3-23(26)30-9-7-28-20-5-6-21(22(13-20)29-8-10-31-24(27)4-2)25-14-17-11-18(15-25)19(12-17)16-25/h3-6,13,17-19H,1-2,7-12,14-16H2. The Morgan fingerprint density at radius 1 is 0.903 bits per heavy atom. The molecule has 6 nitrogen and oxygen atoms in total. The van der Waals surface area contributed by atoms with Crippen molar-refractivity contribution in [3.63, 3.8) is 0 Å². The molecule has 0 amide bonds. The molecule has 31 heavy (non-hydrogen) atoms. The van der Waals surface area contributed by atoms with Gasteiger partial charge in [0.2, 0.25) is 0 Å². The number of ether oxygens (including phenoxy) is 4. The van der Waals surface area contributed by atoms with Crippen LogP contribution in [-0.4, -0.2) is 38.4 Å². The first kappa shape index (κ1) is 21.5. The smallest absolute Gasteiger partial charge is 0.330 e. The number of hydrogen-bond acceptors (Lipinski definition) is 6. The van der Waals surface area contributed by atoms with E-state index in [-0.39, 0.29) is 31.8 Å². The normalized spacial score (nSPS) is 27.5. The van der Waals surface area contributed by atoms with Gasteiger partial charge in [-0.05, 0) is 61.3 Å². The minimum Gasteiger partial charge on any atom is -0.490 e. The Morgan fingerprint density at radius 2 is 1.52 bits per heavy atom. The highest BCUT2D eigenvalue weighted by Gasteiger charge is 2.57. The van der Waals surface area contributed by atoms with E-state index < -0.39 is 11.9 Å². The second kappa shape index (κ2) is 9.16. The summed E-state index contributed by atoms with van der Waals surface area (Å²) in [6.07, 6.45) is 8.71. The highest BCUT2D eigenvalue weighted by atomic mass is 16.6. The van der Waals surface area contributed by atoms with Crippen LogP contribution in [0.3, 0.4) is 0 Å². The molecule has 4 aliphatic rings. The SMILES string of the molecule is C=CC(=O)OCCOc1ccc(C23CC4CC(C2)C(C4)C3)c(OCCOC(=O)C=C)c1. The second-order valence-electron chi connectivity index (χ2n) is 8.85. The fourth-order valence-electron chi connectivity index (χ4n) is 6.00. The summed E-state index contributed by atoms with van der Waals surface area (Å²) < 4.78 is 21.9. The Labute approximate surface area is 183 Å². The largest absolute Gasteiger partial charge is 0.490 e. The number of rotatable bonds is 11. The third-order valence-corrected chi connectivity index (χ3v) is 6.96. The summed E-state index contributed by atoms with van der Waals surface area (Å²) in [5.41, 5.74) is 1.42. The minimum atomic E-state index is -0.470. The van der Waals surface area contributed by atoms with Gasteiger partial charge < -0.3 is 18.9 Å². The molecule has 0 aromatic heterocycles. The molecule has 1 aromatic carbocycles. The van der Waals surface area contributed by atoms with Crippen molar-refractivity contribution >= 4 is 11.9 Å². The average Bonchev–Trinajstić information content (AvgIpc) is 3.20. The first-order valence-electron chi connectivity index (χ1n) is 11.0. The fraction of sp³-hybridized carbons (Fsp3) is 0.520. The number of benzene rings is 1. The van der Waals surface area contributed by atoms with Gasteiger partial charge in [0.1, 0.15) is 37.9 Å². The predicted octanol–water partition coefficient (Wildman–Crippen LogP) is 3.98. The van der Waals surface area contributed by atoms with Crippen molar-refractivity contribution in [3.05, 3.63) is 49.1 Å². The Bertz CT molecular complexity index is 840. The number of hydrogen-bond donors (Lipinski definition) is 0. The zero-order valence-corrected chi connectivity index (χ0v) is 17.8. The van der Waals surface area contributed by atoms with Crippen LogP contribution in [0.4, 0.5) is 0 Å². The van der Waals surface area contributed by atoms with E-state index in [1.165, 1.54) is 37.7 Å². The Hall–Kier alpha value is -2.76. The summed E-state index contributed by atoms with van der Waals surface area (Å²) in [5, 5.41) is 0. The Kier molecular flexibility index (Phi) is 6.35. The average molecular weight is 427 g/mol. The van der Waals surface area contributed by atoms with Crippen molar-refractivity contribution in [2.24, 2.45) is 17.8 Å². The maximum absolute atomic E-state index is 11.3. The van der Waals surface area contributed by atoms with Gasteiger partial charge in [0.15, 0.2) is 0 Å². The molecule has 0 spiro atoms. The third-order valence-electron chi connectivity index (χ3n) is 6.96. The molecule has 0 N–H and O–H groups in total. The van der Waals surface area contributed by atoms with Gasteiger partial charge in [-0.15, -0.1) is 0 Å². The van der Waals surface area contributed by atoms with Gasteiger partial charge in [-0.2, -0.15) is 0 Å². The first-order chi connectivity index (χ1) is 15.0. The van der Waals surface area contributed by atoms with Gasteiger partial charge in [-0.25, -0.2) is 9.59 Å². The van der Waals surface area contributed by atoms with Crippen LogP contribution in [-0.2, 0) is 24.5 Å². The van der Waals surface area contributed by atoms with Crippen LogP contribution in [0.2, 0.25) is 0 Å². The highest BCUT2D eigenvalue weighted by Crippen LogP contribution is 2.65. The Morgan fingerprint density at radius 3 is 2.10 bits per heavy atom. The molecule has 4 aliphatic carbocycles. The monoisotopic (exact) mass is 426 g/mol. The van der Waals surface area contributed by atoms with Gasteiger partial charge in [-0.1, -0.05) is 19.2 Å². The molecule has 0 heterocycles. The third kappa shape index (κ3) is 4.63.